The van der Waals surface area contributed by atoms with Gasteiger partial charge in [0.1, 0.15) is 17.4 Å². The number of fused-ring (bicyclic) bond motifs is 3. The van der Waals surface area contributed by atoms with E-state index in [2.05, 4.69) is 0 Å². The van der Waals surface area contributed by atoms with Crippen LogP contribution in [0.4, 0.5) is 0 Å². The van der Waals surface area contributed by atoms with Crippen molar-refractivity contribution in [2.45, 2.75) is 6.10 Å². The van der Waals surface area contributed by atoms with Gasteiger partial charge in [-0.15, -0.1) is 0 Å². The van der Waals surface area contributed by atoms with Crippen molar-refractivity contribution in [2.24, 2.45) is 0 Å². The molecule has 1 saturated heterocycles. The third-order valence-corrected chi connectivity index (χ3v) is 3.51. The molecule has 1 fully saturated rings. The molecule has 0 bridgehead atoms. The average Bonchev–Trinajstić information content (AvgIpc) is 2.43. The summed E-state index contributed by atoms with van der Waals surface area (Å²) in [5, 5.41) is 2.27. The van der Waals surface area contributed by atoms with Crippen molar-refractivity contribution in [1.82, 2.24) is 0 Å². The molecular formula is C16H12O4. The van der Waals surface area contributed by atoms with Gasteiger partial charge in [0.05, 0.1) is 24.0 Å². The molecule has 2 aromatic carbocycles. The van der Waals surface area contributed by atoms with Gasteiger partial charge in [-0.3, -0.25) is 0 Å². The minimum Gasteiger partial charge on any atom is -0.485 e. The molecule has 2 heterocycles. The molecule has 0 saturated carbocycles. The first kappa shape index (κ1) is 11.5. The fourth-order valence-electron chi connectivity index (χ4n) is 2.46. The van der Waals surface area contributed by atoms with Gasteiger partial charge in [-0.25, -0.2) is 4.79 Å². The number of hydrogen-bond donors (Lipinski definition) is 0. The topological polar surface area (TPSA) is 48.7 Å². The van der Waals surface area contributed by atoms with Gasteiger partial charge in [0.15, 0.2) is 0 Å². The summed E-state index contributed by atoms with van der Waals surface area (Å²) in [6.07, 6.45) is 0.0753. The van der Waals surface area contributed by atoms with Gasteiger partial charge < -0.3 is 13.9 Å². The molecule has 0 amide bonds. The van der Waals surface area contributed by atoms with E-state index in [1.54, 1.807) is 12.1 Å². The fraction of sp³-hybridized carbons (Fsp3) is 0.188. The lowest BCUT2D eigenvalue weighted by molar-refractivity contribution is -0.0790. The van der Waals surface area contributed by atoms with Crippen LogP contribution in [0, 0.1) is 0 Å². The normalized spacial score (nSPS) is 15.4. The highest BCUT2D eigenvalue weighted by Crippen LogP contribution is 2.32. The van der Waals surface area contributed by atoms with E-state index in [1.807, 2.05) is 30.3 Å². The Morgan fingerprint density at radius 2 is 1.80 bits per heavy atom. The van der Waals surface area contributed by atoms with Crippen LogP contribution in [0.5, 0.6) is 5.75 Å². The molecule has 0 aliphatic carbocycles. The Morgan fingerprint density at radius 3 is 2.55 bits per heavy atom. The molecule has 1 aromatic heterocycles. The molecule has 4 nitrogen and oxygen atoms in total. The Balaban J connectivity index is 2.04. The van der Waals surface area contributed by atoms with Crippen molar-refractivity contribution in [2.75, 3.05) is 13.2 Å². The number of benzene rings is 2. The van der Waals surface area contributed by atoms with E-state index in [0.29, 0.717) is 24.2 Å². The van der Waals surface area contributed by atoms with Gasteiger partial charge in [0, 0.05) is 5.39 Å². The SMILES string of the molecule is O=c1oc2cccc(OC3COC3)c2c2ccccc12. The van der Waals surface area contributed by atoms with E-state index < -0.39 is 0 Å². The highest BCUT2D eigenvalue weighted by atomic mass is 16.6. The van der Waals surface area contributed by atoms with Gasteiger partial charge in [-0.2, -0.15) is 0 Å². The number of rotatable bonds is 2. The van der Waals surface area contributed by atoms with E-state index >= 15 is 0 Å². The predicted octanol–water partition coefficient (Wildman–Crippen LogP) is 2.72. The van der Waals surface area contributed by atoms with Crippen LogP contribution < -0.4 is 10.4 Å². The molecular weight excluding hydrogens is 256 g/mol. The highest BCUT2D eigenvalue weighted by Gasteiger charge is 2.22. The van der Waals surface area contributed by atoms with E-state index in [0.717, 1.165) is 16.5 Å². The second kappa shape index (κ2) is 4.35. The smallest absolute Gasteiger partial charge is 0.344 e. The van der Waals surface area contributed by atoms with E-state index in [1.165, 1.54) is 0 Å². The van der Waals surface area contributed by atoms with Gasteiger partial charge >= 0.3 is 5.63 Å². The van der Waals surface area contributed by atoms with Crippen molar-refractivity contribution >= 4 is 21.7 Å². The van der Waals surface area contributed by atoms with Crippen LogP contribution in [0.1, 0.15) is 0 Å². The molecule has 1 aliphatic heterocycles. The molecule has 0 N–H and O–H groups in total. The summed E-state index contributed by atoms with van der Waals surface area (Å²) in [6.45, 7) is 1.20. The predicted molar refractivity (Wildman–Crippen MR) is 75.2 cm³/mol. The van der Waals surface area contributed by atoms with Crippen LogP contribution >= 0.6 is 0 Å². The highest BCUT2D eigenvalue weighted by molar-refractivity contribution is 6.07. The maximum atomic E-state index is 12.0. The zero-order valence-corrected chi connectivity index (χ0v) is 10.7. The van der Waals surface area contributed by atoms with E-state index in [9.17, 15) is 4.79 Å². The van der Waals surface area contributed by atoms with Crippen LogP contribution in [0.25, 0.3) is 21.7 Å². The van der Waals surface area contributed by atoms with Crippen LogP contribution in [-0.2, 0) is 4.74 Å². The Hall–Kier alpha value is -2.33. The number of hydrogen-bond acceptors (Lipinski definition) is 4. The largest absolute Gasteiger partial charge is 0.485 e. The average molecular weight is 268 g/mol. The first-order valence-electron chi connectivity index (χ1n) is 6.52. The summed E-state index contributed by atoms with van der Waals surface area (Å²) in [7, 11) is 0. The van der Waals surface area contributed by atoms with Crippen molar-refractivity contribution in [1.29, 1.82) is 0 Å². The van der Waals surface area contributed by atoms with Crippen molar-refractivity contribution < 1.29 is 13.9 Å². The Kier molecular flexibility index (Phi) is 2.50. The summed E-state index contributed by atoms with van der Waals surface area (Å²) < 4.78 is 16.4. The Bertz CT molecular complexity index is 846. The lowest BCUT2D eigenvalue weighted by Gasteiger charge is -2.27. The minimum atomic E-state index is -0.322. The second-order valence-corrected chi connectivity index (χ2v) is 4.84. The maximum Gasteiger partial charge on any atom is 0.344 e. The molecule has 0 spiro atoms. The van der Waals surface area contributed by atoms with E-state index in [-0.39, 0.29) is 11.7 Å². The lowest BCUT2D eigenvalue weighted by Crippen LogP contribution is -2.38. The summed E-state index contributed by atoms with van der Waals surface area (Å²) in [5.41, 5.74) is 0.226. The molecule has 4 rings (SSSR count). The maximum absolute atomic E-state index is 12.0. The van der Waals surface area contributed by atoms with Crippen molar-refractivity contribution in [3.05, 3.63) is 52.9 Å². The standard InChI is InChI=1S/C16H12O4/c17-16-12-5-2-1-4-11(12)15-13(19-10-8-18-9-10)6-3-7-14(15)20-16/h1-7,10H,8-9H2. The van der Waals surface area contributed by atoms with Crippen LogP contribution in [-0.4, -0.2) is 19.3 Å². The van der Waals surface area contributed by atoms with Gasteiger partial charge in [0.25, 0.3) is 0 Å². The fourth-order valence-corrected chi connectivity index (χ4v) is 2.46. The molecule has 3 aromatic rings. The number of ether oxygens (including phenoxy) is 2. The van der Waals surface area contributed by atoms with Crippen molar-refractivity contribution in [3.63, 3.8) is 0 Å². The molecule has 20 heavy (non-hydrogen) atoms. The molecule has 100 valence electrons. The van der Waals surface area contributed by atoms with Gasteiger partial charge in [-0.1, -0.05) is 24.3 Å². The third kappa shape index (κ3) is 1.69. The lowest BCUT2D eigenvalue weighted by atomic mass is 10.1. The molecule has 0 unspecified atom stereocenters. The second-order valence-electron chi connectivity index (χ2n) is 4.84. The quantitative estimate of drug-likeness (QED) is 0.529. The van der Waals surface area contributed by atoms with Crippen LogP contribution in [0.3, 0.4) is 0 Å². The summed E-state index contributed by atoms with van der Waals surface area (Å²) >= 11 is 0. The van der Waals surface area contributed by atoms with E-state index in [4.69, 9.17) is 13.9 Å². The Labute approximate surface area is 114 Å². The van der Waals surface area contributed by atoms with Crippen molar-refractivity contribution in [3.8, 4) is 5.75 Å². The van der Waals surface area contributed by atoms with Crippen LogP contribution in [0.15, 0.2) is 51.7 Å². The zero-order valence-electron chi connectivity index (χ0n) is 10.7. The first-order chi connectivity index (χ1) is 9.83. The van der Waals surface area contributed by atoms with Crippen LogP contribution in [0.2, 0.25) is 0 Å². The summed E-state index contributed by atoms with van der Waals surface area (Å²) in [4.78, 5) is 12.0. The third-order valence-electron chi connectivity index (χ3n) is 3.51. The molecule has 1 aliphatic rings. The minimum absolute atomic E-state index is 0.0753. The summed E-state index contributed by atoms with van der Waals surface area (Å²) in [6, 6.07) is 12.9. The van der Waals surface area contributed by atoms with Gasteiger partial charge in [0.2, 0.25) is 0 Å². The molecule has 0 atom stereocenters. The van der Waals surface area contributed by atoms with Gasteiger partial charge in [-0.05, 0) is 18.2 Å². The summed E-state index contributed by atoms with van der Waals surface area (Å²) in [5.74, 6) is 0.732. The Morgan fingerprint density at radius 1 is 1.00 bits per heavy atom. The molecule has 0 radical (unpaired) electrons. The monoisotopic (exact) mass is 268 g/mol. The zero-order chi connectivity index (χ0) is 13.5. The molecule has 4 heteroatoms. The first-order valence-corrected chi connectivity index (χ1v) is 6.52.